The van der Waals surface area contributed by atoms with Crippen molar-refractivity contribution in [3.05, 3.63) is 59.7 Å². The second-order valence-electron chi connectivity index (χ2n) is 5.70. The number of benzene rings is 2. The molecule has 0 saturated carbocycles. The fourth-order valence-electron chi connectivity index (χ4n) is 2.60. The summed E-state index contributed by atoms with van der Waals surface area (Å²) in [7, 11) is -1.90. The highest BCUT2D eigenvalue weighted by Gasteiger charge is 2.21. The van der Waals surface area contributed by atoms with Gasteiger partial charge in [0.15, 0.2) is 5.82 Å². The fourth-order valence-corrected chi connectivity index (χ4v) is 3.63. The van der Waals surface area contributed by atoms with Crippen molar-refractivity contribution < 1.29 is 12.9 Å². The van der Waals surface area contributed by atoms with Gasteiger partial charge in [-0.05, 0) is 22.8 Å². The van der Waals surface area contributed by atoms with Gasteiger partial charge < -0.3 is 4.52 Å². The Hall–Kier alpha value is -2.25. The van der Waals surface area contributed by atoms with Gasteiger partial charge in [-0.3, -0.25) is 0 Å². The maximum absolute atomic E-state index is 12.4. The Morgan fingerprint density at radius 1 is 1.12 bits per heavy atom. The molecule has 1 aromatic heterocycles. The van der Waals surface area contributed by atoms with Crippen molar-refractivity contribution in [1.82, 2.24) is 14.4 Å². The summed E-state index contributed by atoms with van der Waals surface area (Å²) in [5, 5.41) is 5.96. The number of rotatable bonds is 6. The average molecular weight is 345 g/mol. The first kappa shape index (κ1) is 16.6. The SMILES string of the molecule is Cc1nc(CS(=O)(=O)N(C)CCc2cccc3ccccc23)no1. The molecule has 0 atom stereocenters. The van der Waals surface area contributed by atoms with Gasteiger partial charge in [0.2, 0.25) is 15.9 Å². The number of aryl methyl sites for hydroxylation is 1. The maximum Gasteiger partial charge on any atom is 0.223 e. The second-order valence-corrected chi connectivity index (χ2v) is 7.77. The van der Waals surface area contributed by atoms with E-state index in [4.69, 9.17) is 4.52 Å². The Balaban J connectivity index is 1.71. The standard InChI is InChI=1S/C17H19N3O3S/c1-13-18-17(19-23-13)12-24(21,22)20(2)11-10-15-8-5-7-14-6-3-4-9-16(14)15/h3-9H,10-12H2,1-2H3. The lowest BCUT2D eigenvalue weighted by atomic mass is 10.0. The van der Waals surface area contributed by atoms with E-state index in [0.717, 1.165) is 16.3 Å². The van der Waals surface area contributed by atoms with Crippen LogP contribution in [0.4, 0.5) is 0 Å². The van der Waals surface area contributed by atoms with Crippen molar-refractivity contribution in [1.29, 1.82) is 0 Å². The molecule has 0 bridgehead atoms. The van der Waals surface area contributed by atoms with E-state index < -0.39 is 10.0 Å². The minimum Gasteiger partial charge on any atom is -0.340 e. The minimum absolute atomic E-state index is 0.185. The Bertz CT molecular complexity index is 945. The molecule has 1 heterocycles. The van der Waals surface area contributed by atoms with Gasteiger partial charge in [0, 0.05) is 20.5 Å². The first-order valence-electron chi connectivity index (χ1n) is 7.65. The van der Waals surface area contributed by atoms with Crippen molar-refractivity contribution in [2.45, 2.75) is 19.1 Å². The van der Waals surface area contributed by atoms with Crippen LogP contribution < -0.4 is 0 Å². The van der Waals surface area contributed by atoms with Gasteiger partial charge in [0.05, 0.1) is 0 Å². The molecular weight excluding hydrogens is 326 g/mol. The molecule has 3 rings (SSSR count). The molecular formula is C17H19N3O3S. The quantitative estimate of drug-likeness (QED) is 0.686. The molecule has 0 N–H and O–H groups in total. The van der Waals surface area contributed by atoms with Crippen LogP contribution in [-0.4, -0.2) is 36.5 Å². The van der Waals surface area contributed by atoms with E-state index >= 15 is 0 Å². The maximum atomic E-state index is 12.4. The van der Waals surface area contributed by atoms with Gasteiger partial charge in [0.1, 0.15) is 5.75 Å². The van der Waals surface area contributed by atoms with E-state index in [-0.39, 0.29) is 11.6 Å². The Labute approximate surface area is 141 Å². The summed E-state index contributed by atoms with van der Waals surface area (Å²) in [5.41, 5.74) is 1.13. The number of hydrogen-bond donors (Lipinski definition) is 0. The summed E-state index contributed by atoms with van der Waals surface area (Å²) < 4.78 is 31.0. The van der Waals surface area contributed by atoms with Crippen molar-refractivity contribution in [2.75, 3.05) is 13.6 Å². The summed E-state index contributed by atoms with van der Waals surface area (Å²) in [4.78, 5) is 3.95. The van der Waals surface area contributed by atoms with Gasteiger partial charge in [0.25, 0.3) is 0 Å². The predicted octanol–water partition coefficient (Wildman–Crippen LogP) is 2.54. The third-order valence-electron chi connectivity index (χ3n) is 3.93. The summed E-state index contributed by atoms with van der Waals surface area (Å²) in [6, 6.07) is 14.2. The molecule has 0 saturated heterocycles. The van der Waals surface area contributed by atoms with Crippen LogP contribution >= 0.6 is 0 Å². The van der Waals surface area contributed by atoms with Crippen molar-refractivity contribution in [3.63, 3.8) is 0 Å². The van der Waals surface area contributed by atoms with E-state index in [9.17, 15) is 8.42 Å². The van der Waals surface area contributed by atoms with E-state index in [2.05, 4.69) is 28.3 Å². The number of sulfonamides is 1. The molecule has 0 aliphatic rings. The molecule has 2 aromatic carbocycles. The molecule has 0 amide bonds. The Morgan fingerprint density at radius 3 is 2.62 bits per heavy atom. The lowest BCUT2D eigenvalue weighted by molar-refractivity contribution is 0.388. The summed E-state index contributed by atoms with van der Waals surface area (Å²) in [6.07, 6.45) is 0.641. The largest absolute Gasteiger partial charge is 0.340 e. The van der Waals surface area contributed by atoms with Crippen LogP contribution in [0.2, 0.25) is 0 Å². The second kappa shape index (κ2) is 6.70. The predicted molar refractivity (Wildman–Crippen MR) is 91.9 cm³/mol. The van der Waals surface area contributed by atoms with Crippen molar-refractivity contribution >= 4 is 20.8 Å². The van der Waals surface area contributed by atoms with Gasteiger partial charge in [-0.2, -0.15) is 4.98 Å². The third kappa shape index (κ3) is 3.63. The molecule has 3 aromatic rings. The molecule has 0 aliphatic carbocycles. The first-order chi connectivity index (χ1) is 11.5. The molecule has 0 radical (unpaired) electrons. The molecule has 0 fully saturated rings. The smallest absolute Gasteiger partial charge is 0.223 e. The van der Waals surface area contributed by atoms with Crippen molar-refractivity contribution in [3.8, 4) is 0 Å². The van der Waals surface area contributed by atoms with Crippen LogP contribution in [-0.2, 0) is 22.2 Å². The third-order valence-corrected chi connectivity index (χ3v) is 5.69. The highest BCUT2D eigenvalue weighted by atomic mass is 32.2. The monoisotopic (exact) mass is 345 g/mol. The Morgan fingerprint density at radius 2 is 1.88 bits per heavy atom. The molecule has 126 valence electrons. The van der Waals surface area contributed by atoms with E-state index in [1.54, 1.807) is 14.0 Å². The number of likely N-dealkylation sites (N-methyl/N-ethyl adjacent to an activating group) is 1. The lowest BCUT2D eigenvalue weighted by Gasteiger charge is -2.16. The van der Waals surface area contributed by atoms with Crippen LogP contribution in [0, 0.1) is 6.92 Å². The van der Waals surface area contributed by atoms with E-state index in [0.29, 0.717) is 18.9 Å². The van der Waals surface area contributed by atoms with E-state index in [1.165, 1.54) is 4.31 Å². The number of aromatic nitrogens is 2. The van der Waals surface area contributed by atoms with Gasteiger partial charge >= 0.3 is 0 Å². The summed E-state index contributed by atoms with van der Waals surface area (Å²) in [6.45, 7) is 2.03. The fraction of sp³-hybridized carbons (Fsp3) is 0.294. The molecule has 0 unspecified atom stereocenters. The van der Waals surface area contributed by atoms with E-state index in [1.807, 2.05) is 24.3 Å². The highest BCUT2D eigenvalue weighted by molar-refractivity contribution is 7.88. The number of hydrogen-bond acceptors (Lipinski definition) is 5. The normalized spacial score (nSPS) is 12.1. The first-order valence-corrected chi connectivity index (χ1v) is 9.26. The summed E-state index contributed by atoms with van der Waals surface area (Å²) in [5.74, 6) is 0.291. The number of nitrogens with zero attached hydrogens (tertiary/aromatic N) is 3. The van der Waals surface area contributed by atoms with Gasteiger partial charge in [-0.1, -0.05) is 47.6 Å². The average Bonchev–Trinajstić information content (AvgIpc) is 2.96. The molecule has 0 spiro atoms. The zero-order valence-electron chi connectivity index (χ0n) is 13.6. The van der Waals surface area contributed by atoms with Crippen molar-refractivity contribution in [2.24, 2.45) is 0 Å². The van der Waals surface area contributed by atoms with Gasteiger partial charge in [-0.25, -0.2) is 12.7 Å². The molecule has 7 heteroatoms. The number of fused-ring (bicyclic) bond motifs is 1. The van der Waals surface area contributed by atoms with Crippen LogP contribution in [0.15, 0.2) is 47.0 Å². The van der Waals surface area contributed by atoms with Gasteiger partial charge in [-0.15, -0.1) is 0 Å². The molecule has 24 heavy (non-hydrogen) atoms. The topological polar surface area (TPSA) is 76.3 Å². The molecule has 0 aliphatic heterocycles. The van der Waals surface area contributed by atoms with Crippen LogP contribution in [0.3, 0.4) is 0 Å². The minimum atomic E-state index is -3.48. The van der Waals surface area contributed by atoms with Crippen LogP contribution in [0.1, 0.15) is 17.3 Å². The van der Waals surface area contributed by atoms with Crippen LogP contribution in [0.25, 0.3) is 10.8 Å². The zero-order valence-corrected chi connectivity index (χ0v) is 14.5. The zero-order chi connectivity index (χ0) is 17.2. The lowest BCUT2D eigenvalue weighted by Crippen LogP contribution is -2.30. The highest BCUT2D eigenvalue weighted by Crippen LogP contribution is 2.19. The summed E-state index contributed by atoms with van der Waals surface area (Å²) >= 11 is 0. The molecule has 6 nitrogen and oxygen atoms in total. The Kier molecular flexibility index (Phi) is 4.64. The van der Waals surface area contributed by atoms with Crippen LogP contribution in [0.5, 0.6) is 0 Å².